The van der Waals surface area contributed by atoms with Gasteiger partial charge in [-0.25, -0.2) is 0 Å². The van der Waals surface area contributed by atoms with Crippen LogP contribution in [0.5, 0.6) is 0 Å². The Labute approximate surface area is 168 Å². The molecular weight excluding hydrogens is 368 g/mol. The molecule has 0 atom stereocenters. The fourth-order valence-corrected chi connectivity index (χ4v) is 4.62. The molecule has 0 bridgehead atoms. The van der Waals surface area contributed by atoms with Gasteiger partial charge in [-0.15, -0.1) is 11.3 Å². The molecule has 2 N–H and O–H groups in total. The number of fused-ring (bicyclic) bond motifs is 3. The van der Waals surface area contributed by atoms with E-state index in [0.717, 1.165) is 18.4 Å². The molecule has 0 aliphatic heterocycles. The van der Waals surface area contributed by atoms with Crippen LogP contribution in [-0.2, 0) is 17.6 Å². The van der Waals surface area contributed by atoms with Gasteiger partial charge in [-0.2, -0.15) is 0 Å². The van der Waals surface area contributed by atoms with E-state index in [2.05, 4.69) is 28.8 Å². The molecular formula is C23H22N2O2S. The van der Waals surface area contributed by atoms with E-state index in [1.165, 1.54) is 21.6 Å². The number of thiophene rings is 1. The molecule has 1 heterocycles. The normalized spacial score (nSPS) is 12.1. The molecule has 4 nitrogen and oxygen atoms in total. The topological polar surface area (TPSA) is 58.2 Å². The summed E-state index contributed by atoms with van der Waals surface area (Å²) in [7, 11) is 0. The van der Waals surface area contributed by atoms with Crippen LogP contribution in [0.15, 0.2) is 48.5 Å². The van der Waals surface area contributed by atoms with Crippen molar-refractivity contribution >= 4 is 34.5 Å². The second-order valence-electron chi connectivity index (χ2n) is 7.01. The fraction of sp³-hybridized carbons (Fsp3) is 0.217. The van der Waals surface area contributed by atoms with Gasteiger partial charge >= 0.3 is 0 Å². The number of carbonyl (C=O) groups is 2. The van der Waals surface area contributed by atoms with Crippen molar-refractivity contribution in [1.29, 1.82) is 0 Å². The Morgan fingerprint density at radius 3 is 2.61 bits per heavy atom. The van der Waals surface area contributed by atoms with E-state index >= 15 is 0 Å². The van der Waals surface area contributed by atoms with Gasteiger partial charge < -0.3 is 10.6 Å². The molecule has 0 unspecified atom stereocenters. The average Bonchev–Trinajstić information content (AvgIpc) is 3.15. The van der Waals surface area contributed by atoms with Crippen molar-refractivity contribution in [3.63, 3.8) is 0 Å². The summed E-state index contributed by atoms with van der Waals surface area (Å²) in [6.45, 7) is 3.75. The Hall–Kier alpha value is -2.92. The molecule has 0 saturated carbocycles. The molecule has 1 aliphatic rings. The first kappa shape index (κ1) is 18.4. The lowest BCUT2D eigenvalue weighted by molar-refractivity contribution is -0.115. The highest BCUT2D eigenvalue weighted by Gasteiger charge is 2.21. The predicted octanol–water partition coefficient (Wildman–Crippen LogP) is 5.42. The molecule has 0 saturated heterocycles. The van der Waals surface area contributed by atoms with Gasteiger partial charge in [-0.05, 0) is 60.2 Å². The van der Waals surface area contributed by atoms with E-state index in [1.807, 2.05) is 44.2 Å². The minimum absolute atomic E-state index is 0.0503. The summed E-state index contributed by atoms with van der Waals surface area (Å²) in [5, 5.41) is 5.85. The summed E-state index contributed by atoms with van der Waals surface area (Å²) in [6.07, 6.45) is 2.39. The van der Waals surface area contributed by atoms with Gasteiger partial charge in [0.15, 0.2) is 0 Å². The minimum Gasteiger partial charge on any atom is -0.326 e. The van der Waals surface area contributed by atoms with Gasteiger partial charge in [0.2, 0.25) is 5.91 Å². The molecule has 0 spiro atoms. The molecule has 4 rings (SSSR count). The van der Waals surface area contributed by atoms with Crippen LogP contribution < -0.4 is 10.6 Å². The first-order valence-electron chi connectivity index (χ1n) is 9.48. The highest BCUT2D eigenvalue weighted by Crippen LogP contribution is 2.39. The first-order chi connectivity index (χ1) is 13.5. The third-order valence-electron chi connectivity index (χ3n) is 5.05. The molecule has 28 heavy (non-hydrogen) atoms. The highest BCUT2D eigenvalue weighted by molar-refractivity contribution is 7.17. The Balaban J connectivity index is 1.58. The predicted molar refractivity (Wildman–Crippen MR) is 115 cm³/mol. The summed E-state index contributed by atoms with van der Waals surface area (Å²) < 4.78 is 0. The quantitative estimate of drug-likeness (QED) is 0.625. The van der Waals surface area contributed by atoms with Crippen LogP contribution in [0.1, 0.15) is 39.7 Å². The molecule has 1 aromatic heterocycles. The number of aryl methyl sites for hydroxylation is 3. The maximum atomic E-state index is 12.9. The van der Waals surface area contributed by atoms with Crippen molar-refractivity contribution in [2.24, 2.45) is 0 Å². The zero-order valence-electron chi connectivity index (χ0n) is 16.0. The van der Waals surface area contributed by atoms with Crippen LogP contribution in [0.4, 0.5) is 11.4 Å². The SMILES string of the molecule is CCC(=O)Nc1ccc(C)c(NC(=O)c2cc3c(s2)-c2ccccc2CC3)c1. The average molecular weight is 391 g/mol. The fourth-order valence-electron chi connectivity index (χ4n) is 3.45. The third kappa shape index (κ3) is 3.58. The Morgan fingerprint density at radius 2 is 1.79 bits per heavy atom. The Kier molecular flexibility index (Phi) is 5.01. The van der Waals surface area contributed by atoms with Gasteiger partial charge in [-0.1, -0.05) is 37.3 Å². The standard InChI is InChI=1S/C23H22N2O2S/c1-3-21(26)24-17-11-8-14(2)19(13-17)25-23(27)20-12-16-10-9-15-6-4-5-7-18(15)22(16)28-20/h4-8,11-13H,3,9-10H2,1-2H3,(H,24,26)(H,25,27). The summed E-state index contributed by atoms with van der Waals surface area (Å²) in [6, 6.07) is 16.0. The van der Waals surface area contributed by atoms with Crippen LogP contribution in [0, 0.1) is 6.92 Å². The zero-order valence-corrected chi connectivity index (χ0v) is 16.8. The lowest BCUT2D eigenvalue weighted by Crippen LogP contribution is -2.13. The number of nitrogens with one attached hydrogen (secondary N) is 2. The number of anilines is 2. The summed E-state index contributed by atoms with van der Waals surface area (Å²) in [4.78, 5) is 26.4. The molecule has 3 aromatic rings. The maximum Gasteiger partial charge on any atom is 0.265 e. The Bertz CT molecular complexity index is 1070. The van der Waals surface area contributed by atoms with E-state index in [-0.39, 0.29) is 11.8 Å². The van der Waals surface area contributed by atoms with Crippen LogP contribution in [0.2, 0.25) is 0 Å². The third-order valence-corrected chi connectivity index (χ3v) is 6.26. The summed E-state index contributed by atoms with van der Waals surface area (Å²) >= 11 is 1.55. The largest absolute Gasteiger partial charge is 0.326 e. The van der Waals surface area contributed by atoms with Crippen molar-refractivity contribution < 1.29 is 9.59 Å². The van der Waals surface area contributed by atoms with Gasteiger partial charge in [0.25, 0.3) is 5.91 Å². The number of hydrogen-bond donors (Lipinski definition) is 2. The van der Waals surface area contributed by atoms with E-state index < -0.39 is 0 Å². The molecule has 142 valence electrons. The number of benzene rings is 2. The van der Waals surface area contributed by atoms with E-state index in [9.17, 15) is 9.59 Å². The van der Waals surface area contributed by atoms with Crippen LogP contribution in [-0.4, -0.2) is 11.8 Å². The lowest BCUT2D eigenvalue weighted by Gasteiger charge is -2.15. The van der Waals surface area contributed by atoms with E-state index in [1.54, 1.807) is 11.3 Å². The number of amides is 2. The smallest absolute Gasteiger partial charge is 0.265 e. The second-order valence-corrected chi connectivity index (χ2v) is 8.06. The highest BCUT2D eigenvalue weighted by atomic mass is 32.1. The minimum atomic E-state index is -0.112. The van der Waals surface area contributed by atoms with Gasteiger partial charge in [0.1, 0.15) is 0 Å². The molecule has 1 aliphatic carbocycles. The van der Waals surface area contributed by atoms with Crippen LogP contribution in [0.3, 0.4) is 0 Å². The van der Waals surface area contributed by atoms with Crippen LogP contribution in [0.25, 0.3) is 10.4 Å². The summed E-state index contributed by atoms with van der Waals surface area (Å²) in [5.74, 6) is -0.162. The molecule has 0 radical (unpaired) electrons. The van der Waals surface area contributed by atoms with Crippen molar-refractivity contribution in [1.82, 2.24) is 0 Å². The van der Waals surface area contributed by atoms with Crippen molar-refractivity contribution in [3.05, 3.63) is 70.1 Å². The molecule has 0 fully saturated rings. The molecule has 2 aromatic carbocycles. The number of carbonyl (C=O) groups excluding carboxylic acids is 2. The van der Waals surface area contributed by atoms with E-state index in [0.29, 0.717) is 22.7 Å². The monoisotopic (exact) mass is 390 g/mol. The Morgan fingerprint density at radius 1 is 1.00 bits per heavy atom. The lowest BCUT2D eigenvalue weighted by atomic mass is 9.91. The summed E-state index contributed by atoms with van der Waals surface area (Å²) in [5.41, 5.74) is 6.19. The van der Waals surface area contributed by atoms with Crippen molar-refractivity contribution in [3.8, 4) is 10.4 Å². The van der Waals surface area contributed by atoms with Gasteiger partial charge in [0.05, 0.1) is 4.88 Å². The molecule has 5 heteroatoms. The van der Waals surface area contributed by atoms with Crippen molar-refractivity contribution in [2.45, 2.75) is 33.1 Å². The van der Waals surface area contributed by atoms with Gasteiger partial charge in [0, 0.05) is 22.7 Å². The van der Waals surface area contributed by atoms with Gasteiger partial charge in [-0.3, -0.25) is 9.59 Å². The maximum absolute atomic E-state index is 12.9. The first-order valence-corrected chi connectivity index (χ1v) is 10.3. The molecule has 2 amide bonds. The number of rotatable bonds is 4. The van der Waals surface area contributed by atoms with Crippen molar-refractivity contribution in [2.75, 3.05) is 10.6 Å². The number of hydrogen-bond acceptors (Lipinski definition) is 3. The second kappa shape index (κ2) is 7.60. The van der Waals surface area contributed by atoms with E-state index in [4.69, 9.17) is 0 Å². The van der Waals surface area contributed by atoms with Crippen LogP contribution >= 0.6 is 11.3 Å². The zero-order chi connectivity index (χ0) is 19.7.